The topological polar surface area (TPSA) is 26.3 Å². The Morgan fingerprint density at radius 2 is 1.89 bits per heavy atom. The van der Waals surface area contributed by atoms with Gasteiger partial charge in [-0.2, -0.15) is 0 Å². The molecule has 0 amide bonds. The van der Waals surface area contributed by atoms with Crippen molar-refractivity contribution in [1.82, 2.24) is 0 Å². The highest BCUT2D eigenvalue weighted by Crippen LogP contribution is 2.31. The Morgan fingerprint density at radius 3 is 2.61 bits per heavy atom. The minimum absolute atomic E-state index is 0.122. The van der Waals surface area contributed by atoms with E-state index in [1.165, 1.54) is 0 Å². The summed E-state index contributed by atoms with van der Waals surface area (Å²) in [7, 11) is 0. The number of carbonyl (C=O) groups excluding carboxylic acids is 1. The van der Waals surface area contributed by atoms with E-state index in [0.29, 0.717) is 17.2 Å². The van der Waals surface area contributed by atoms with E-state index in [4.69, 9.17) is 16.3 Å². The summed E-state index contributed by atoms with van der Waals surface area (Å²) in [6.45, 7) is 2.11. The fourth-order valence-corrected chi connectivity index (χ4v) is 2.10. The van der Waals surface area contributed by atoms with Crippen LogP contribution in [-0.2, 0) is 4.79 Å². The van der Waals surface area contributed by atoms with E-state index in [-0.39, 0.29) is 12.4 Å². The summed E-state index contributed by atoms with van der Waals surface area (Å²) in [5, 5.41) is 2.58. The SMILES string of the molecule is CCCC(=O)COc1ccc(Cl)c2ccccc12. The zero-order valence-corrected chi connectivity index (χ0v) is 11.0. The molecule has 3 heteroatoms. The predicted octanol–water partition coefficient (Wildman–Crippen LogP) is 4.24. The maximum Gasteiger partial charge on any atom is 0.170 e. The van der Waals surface area contributed by atoms with Crippen LogP contribution in [0, 0.1) is 0 Å². The molecule has 0 unspecified atom stereocenters. The number of Topliss-reactive ketones (excluding diaryl/α,β-unsaturated/α-hetero) is 1. The van der Waals surface area contributed by atoms with Gasteiger partial charge in [-0.15, -0.1) is 0 Å². The van der Waals surface area contributed by atoms with Gasteiger partial charge in [-0.3, -0.25) is 4.79 Å². The third-order valence-electron chi connectivity index (χ3n) is 2.75. The van der Waals surface area contributed by atoms with Crippen LogP contribution in [0.5, 0.6) is 5.75 Å². The molecule has 0 bridgehead atoms. The van der Waals surface area contributed by atoms with Crippen molar-refractivity contribution >= 4 is 28.2 Å². The lowest BCUT2D eigenvalue weighted by Crippen LogP contribution is -2.10. The molecule has 2 aromatic rings. The van der Waals surface area contributed by atoms with Crippen LogP contribution in [0.15, 0.2) is 36.4 Å². The normalized spacial score (nSPS) is 10.6. The van der Waals surface area contributed by atoms with Crippen LogP contribution in [0.25, 0.3) is 10.8 Å². The maximum absolute atomic E-state index is 11.5. The smallest absolute Gasteiger partial charge is 0.170 e. The molecule has 0 fully saturated rings. The van der Waals surface area contributed by atoms with E-state index in [2.05, 4.69) is 0 Å². The lowest BCUT2D eigenvalue weighted by Gasteiger charge is -2.09. The zero-order valence-electron chi connectivity index (χ0n) is 10.3. The van der Waals surface area contributed by atoms with Crippen molar-refractivity contribution in [1.29, 1.82) is 0 Å². The average Bonchev–Trinajstić information content (AvgIpc) is 2.39. The van der Waals surface area contributed by atoms with Gasteiger partial charge in [0.2, 0.25) is 0 Å². The van der Waals surface area contributed by atoms with E-state index in [0.717, 1.165) is 17.2 Å². The van der Waals surface area contributed by atoms with Gasteiger partial charge in [-0.05, 0) is 18.6 Å². The molecule has 0 saturated carbocycles. The van der Waals surface area contributed by atoms with Gasteiger partial charge < -0.3 is 4.74 Å². The first kappa shape index (κ1) is 12.9. The van der Waals surface area contributed by atoms with Gasteiger partial charge >= 0.3 is 0 Å². The van der Waals surface area contributed by atoms with Crippen LogP contribution in [-0.4, -0.2) is 12.4 Å². The van der Waals surface area contributed by atoms with E-state index < -0.39 is 0 Å². The Morgan fingerprint density at radius 1 is 1.17 bits per heavy atom. The number of ether oxygens (including phenoxy) is 1. The van der Waals surface area contributed by atoms with Crippen LogP contribution in [0.1, 0.15) is 19.8 Å². The summed E-state index contributed by atoms with van der Waals surface area (Å²) in [6.07, 6.45) is 1.41. The van der Waals surface area contributed by atoms with Crippen molar-refractivity contribution in [3.05, 3.63) is 41.4 Å². The first-order chi connectivity index (χ1) is 8.72. The number of hydrogen-bond donors (Lipinski definition) is 0. The number of rotatable bonds is 5. The third kappa shape index (κ3) is 2.82. The van der Waals surface area contributed by atoms with Gasteiger partial charge in [0.15, 0.2) is 5.78 Å². The number of halogens is 1. The monoisotopic (exact) mass is 262 g/mol. The molecular formula is C15H15ClO2. The predicted molar refractivity (Wildman–Crippen MR) is 74.4 cm³/mol. The third-order valence-corrected chi connectivity index (χ3v) is 3.08. The Labute approximate surface area is 112 Å². The summed E-state index contributed by atoms with van der Waals surface area (Å²) >= 11 is 6.12. The summed E-state index contributed by atoms with van der Waals surface area (Å²) < 4.78 is 5.58. The molecule has 0 radical (unpaired) electrons. The number of carbonyl (C=O) groups is 1. The Kier molecular flexibility index (Phi) is 4.21. The number of hydrogen-bond acceptors (Lipinski definition) is 2. The second-order valence-electron chi connectivity index (χ2n) is 4.17. The number of ketones is 1. The highest BCUT2D eigenvalue weighted by molar-refractivity contribution is 6.35. The van der Waals surface area contributed by atoms with Crippen LogP contribution >= 0.6 is 11.6 Å². The Balaban J connectivity index is 2.24. The van der Waals surface area contributed by atoms with Gasteiger partial charge in [0.05, 0.1) is 0 Å². The highest BCUT2D eigenvalue weighted by atomic mass is 35.5. The van der Waals surface area contributed by atoms with E-state index in [1.54, 1.807) is 6.07 Å². The second-order valence-corrected chi connectivity index (χ2v) is 4.58. The molecule has 0 heterocycles. The van der Waals surface area contributed by atoms with Crippen LogP contribution in [0.4, 0.5) is 0 Å². The van der Waals surface area contributed by atoms with Crippen molar-refractivity contribution in [3.8, 4) is 5.75 Å². The lowest BCUT2D eigenvalue weighted by atomic mass is 10.1. The number of benzene rings is 2. The molecule has 0 aliphatic rings. The van der Waals surface area contributed by atoms with Gasteiger partial charge in [0.25, 0.3) is 0 Å². The van der Waals surface area contributed by atoms with Crippen molar-refractivity contribution in [2.75, 3.05) is 6.61 Å². The first-order valence-corrected chi connectivity index (χ1v) is 6.42. The van der Waals surface area contributed by atoms with Crippen LogP contribution < -0.4 is 4.74 Å². The molecule has 2 aromatic carbocycles. The summed E-state index contributed by atoms with van der Waals surface area (Å²) in [6, 6.07) is 11.4. The minimum Gasteiger partial charge on any atom is -0.485 e. The standard InChI is InChI=1S/C15H15ClO2/c1-2-5-11(17)10-18-15-9-8-14(16)12-6-3-4-7-13(12)15/h3-4,6-9H,2,5,10H2,1H3. The number of fused-ring (bicyclic) bond motifs is 1. The van der Waals surface area contributed by atoms with Crippen molar-refractivity contribution < 1.29 is 9.53 Å². The van der Waals surface area contributed by atoms with Crippen molar-refractivity contribution in [2.45, 2.75) is 19.8 Å². The first-order valence-electron chi connectivity index (χ1n) is 6.04. The van der Waals surface area contributed by atoms with E-state index in [9.17, 15) is 4.79 Å². The zero-order chi connectivity index (χ0) is 13.0. The van der Waals surface area contributed by atoms with Crippen molar-refractivity contribution in [3.63, 3.8) is 0 Å². The van der Waals surface area contributed by atoms with E-state index >= 15 is 0 Å². The molecule has 0 spiro atoms. The van der Waals surface area contributed by atoms with Crippen molar-refractivity contribution in [2.24, 2.45) is 0 Å². The minimum atomic E-state index is 0.122. The van der Waals surface area contributed by atoms with Gasteiger partial charge in [0.1, 0.15) is 12.4 Å². The molecule has 2 rings (SSSR count). The Hall–Kier alpha value is -1.54. The fourth-order valence-electron chi connectivity index (χ4n) is 1.87. The van der Waals surface area contributed by atoms with Gasteiger partial charge in [-0.1, -0.05) is 42.8 Å². The molecule has 0 saturated heterocycles. The van der Waals surface area contributed by atoms with Gasteiger partial charge in [-0.25, -0.2) is 0 Å². The largest absolute Gasteiger partial charge is 0.485 e. The summed E-state index contributed by atoms with van der Waals surface area (Å²) in [5.41, 5.74) is 0. The molecule has 0 aromatic heterocycles. The molecule has 94 valence electrons. The van der Waals surface area contributed by atoms with E-state index in [1.807, 2.05) is 37.3 Å². The maximum atomic E-state index is 11.5. The molecular weight excluding hydrogens is 248 g/mol. The molecule has 0 atom stereocenters. The molecule has 2 nitrogen and oxygen atoms in total. The lowest BCUT2D eigenvalue weighted by molar-refractivity contribution is -0.121. The van der Waals surface area contributed by atoms with Crippen LogP contribution in [0.2, 0.25) is 5.02 Å². The highest BCUT2D eigenvalue weighted by Gasteiger charge is 2.07. The summed E-state index contributed by atoms with van der Waals surface area (Å²) in [4.78, 5) is 11.5. The second kappa shape index (κ2) is 5.87. The molecule has 0 aliphatic heterocycles. The fraction of sp³-hybridized carbons (Fsp3) is 0.267. The Bertz CT molecular complexity index is 563. The average molecular weight is 263 g/mol. The quantitative estimate of drug-likeness (QED) is 0.806. The van der Waals surface area contributed by atoms with Gasteiger partial charge in [0, 0.05) is 22.2 Å². The molecule has 0 N–H and O–H groups in total. The summed E-state index contributed by atoms with van der Waals surface area (Å²) in [5.74, 6) is 0.830. The van der Waals surface area contributed by atoms with Crippen LogP contribution in [0.3, 0.4) is 0 Å². The molecule has 18 heavy (non-hydrogen) atoms. The molecule has 0 aliphatic carbocycles.